The van der Waals surface area contributed by atoms with Gasteiger partial charge >= 0.3 is 17.9 Å². The molecular formula is C41H40Cl2N8O7. The molecule has 7 rings (SSSR count). The minimum Gasteiger partial charge on any atom is -0.443 e. The van der Waals surface area contributed by atoms with E-state index >= 15 is 0 Å². The van der Waals surface area contributed by atoms with Crippen molar-refractivity contribution in [3.63, 3.8) is 0 Å². The highest BCUT2D eigenvalue weighted by atomic mass is 35.5. The van der Waals surface area contributed by atoms with E-state index in [2.05, 4.69) is 10.1 Å². The minimum atomic E-state index is -0.831. The molecule has 5 aromatic heterocycles. The number of hydrogen-bond acceptors (Lipinski definition) is 10. The van der Waals surface area contributed by atoms with Crippen molar-refractivity contribution in [1.82, 2.24) is 32.8 Å². The summed E-state index contributed by atoms with van der Waals surface area (Å²) in [7, 11) is 3.12. The number of ether oxygens (including phenoxy) is 2. The first-order valence-corrected chi connectivity index (χ1v) is 18.9. The lowest BCUT2D eigenvalue weighted by Crippen LogP contribution is -2.40. The number of aromatic nitrogens is 7. The predicted octanol–water partition coefficient (Wildman–Crippen LogP) is 7.63. The number of benzene rings is 2. The number of pyridine rings is 1. The van der Waals surface area contributed by atoms with Crippen molar-refractivity contribution in [3.05, 3.63) is 127 Å². The lowest BCUT2D eigenvalue weighted by atomic mass is 10.1. The summed E-state index contributed by atoms with van der Waals surface area (Å²) in [6, 6.07) is 17.1. The highest BCUT2D eigenvalue weighted by Crippen LogP contribution is 2.30. The molecule has 300 valence electrons. The predicted molar refractivity (Wildman–Crippen MR) is 221 cm³/mol. The Hall–Kier alpha value is -6.19. The number of hydrogen-bond donors (Lipinski definition) is 0. The standard InChI is InChI=1S/C41H40Cl2N8O7/c1-40(2,3)57-38(54)50-24(19-26-28(42)11-9-13-30(26)50)21-49-36(52)33-35(48(8)37(49)53)45-34(47(33)7)32(23-15-17-44-18-16-23)46-56-22-25-20-27-29(43)12-10-14-31(27)51(25)39(55)58-41(4,5)6/h9-20H,21-22H2,1-8H3/b46-32-. The average Bonchev–Trinajstić information content (AvgIpc) is 3.82. The molecule has 0 saturated carbocycles. The quantitative estimate of drug-likeness (QED) is 0.116. The molecule has 0 amide bonds. The Kier molecular flexibility index (Phi) is 10.3. The van der Waals surface area contributed by atoms with Gasteiger partial charge in [-0.3, -0.25) is 18.9 Å². The second kappa shape index (κ2) is 15.0. The number of halogens is 2. The van der Waals surface area contributed by atoms with E-state index in [0.29, 0.717) is 48.8 Å². The molecule has 7 aromatic rings. The van der Waals surface area contributed by atoms with Gasteiger partial charge in [0.05, 0.1) is 29.0 Å². The van der Waals surface area contributed by atoms with E-state index in [1.807, 2.05) is 0 Å². The van der Waals surface area contributed by atoms with Gasteiger partial charge in [0.1, 0.15) is 11.2 Å². The van der Waals surface area contributed by atoms with Crippen molar-refractivity contribution in [1.29, 1.82) is 0 Å². The summed E-state index contributed by atoms with van der Waals surface area (Å²) >= 11 is 13.0. The molecule has 0 aliphatic rings. The lowest BCUT2D eigenvalue weighted by molar-refractivity contribution is 0.0516. The zero-order valence-corrected chi connectivity index (χ0v) is 34.5. The Morgan fingerprint density at radius 2 is 1.29 bits per heavy atom. The van der Waals surface area contributed by atoms with E-state index in [-0.39, 0.29) is 35.9 Å². The number of rotatable bonds is 7. The SMILES string of the molecule is Cn1c(/C(=N\OCc2cc3c(Cl)cccc3n2C(=O)OC(C)(C)C)c2ccncc2)nc2c1c(=O)n(Cc1cc3c(Cl)cccc3n1C(=O)OC(C)(C)C)c(=O)n2C. The summed E-state index contributed by atoms with van der Waals surface area (Å²) < 4.78 is 17.9. The van der Waals surface area contributed by atoms with E-state index in [0.717, 1.165) is 4.57 Å². The first-order valence-electron chi connectivity index (χ1n) is 18.2. The minimum absolute atomic E-state index is 0.0801. The summed E-state index contributed by atoms with van der Waals surface area (Å²) in [5.41, 5.74) is -0.349. The summed E-state index contributed by atoms with van der Waals surface area (Å²) in [5, 5.41) is 6.48. The van der Waals surface area contributed by atoms with Crippen LogP contribution in [0.15, 0.2) is 87.8 Å². The van der Waals surface area contributed by atoms with Gasteiger partial charge in [-0.15, -0.1) is 0 Å². The van der Waals surface area contributed by atoms with Crippen LogP contribution in [0.5, 0.6) is 0 Å². The van der Waals surface area contributed by atoms with Gasteiger partial charge in [0.2, 0.25) is 0 Å². The van der Waals surface area contributed by atoms with Crippen molar-refractivity contribution in [2.75, 3.05) is 0 Å². The van der Waals surface area contributed by atoms with Crippen LogP contribution < -0.4 is 11.2 Å². The van der Waals surface area contributed by atoms with Gasteiger partial charge in [-0.1, -0.05) is 40.5 Å². The third-order valence-corrected chi connectivity index (χ3v) is 9.76. The summed E-state index contributed by atoms with van der Waals surface area (Å²) in [4.78, 5) is 70.2. The molecule has 0 atom stereocenters. The van der Waals surface area contributed by atoms with Crippen LogP contribution in [0, 0.1) is 0 Å². The topological polar surface area (TPSA) is 159 Å². The van der Waals surface area contributed by atoms with Gasteiger partial charge in [0, 0.05) is 52.9 Å². The van der Waals surface area contributed by atoms with E-state index in [4.69, 9.17) is 42.5 Å². The van der Waals surface area contributed by atoms with Crippen molar-refractivity contribution < 1.29 is 23.9 Å². The maximum absolute atomic E-state index is 14.4. The molecule has 0 aliphatic heterocycles. The lowest BCUT2D eigenvalue weighted by Gasteiger charge is -2.21. The number of imidazole rings is 1. The van der Waals surface area contributed by atoms with Crippen molar-refractivity contribution in [3.8, 4) is 0 Å². The molecule has 0 aliphatic carbocycles. The fourth-order valence-electron chi connectivity index (χ4n) is 6.62. The van der Waals surface area contributed by atoms with Crippen LogP contribution in [0.1, 0.15) is 64.3 Å². The molecule has 0 spiro atoms. The van der Waals surface area contributed by atoms with Crippen molar-refractivity contribution in [2.24, 2.45) is 19.3 Å². The Balaban J connectivity index is 1.32. The van der Waals surface area contributed by atoms with Crippen LogP contribution in [-0.4, -0.2) is 61.9 Å². The fraction of sp³-hybridized carbons (Fsp3) is 0.293. The summed E-state index contributed by atoms with van der Waals surface area (Å²) in [6.45, 7) is 10.0. The first-order chi connectivity index (χ1) is 27.3. The Bertz CT molecular complexity index is 2920. The van der Waals surface area contributed by atoms with Crippen LogP contribution >= 0.6 is 23.2 Å². The molecule has 0 unspecified atom stereocenters. The largest absolute Gasteiger partial charge is 0.443 e. The average molecular weight is 828 g/mol. The van der Waals surface area contributed by atoms with Gasteiger partial charge in [0.15, 0.2) is 29.3 Å². The Morgan fingerprint density at radius 1 is 0.759 bits per heavy atom. The molecule has 0 N–H and O–H groups in total. The van der Waals surface area contributed by atoms with Crippen LogP contribution in [0.4, 0.5) is 9.59 Å². The Morgan fingerprint density at radius 3 is 1.84 bits per heavy atom. The third kappa shape index (κ3) is 7.50. The molecule has 58 heavy (non-hydrogen) atoms. The number of nitrogens with zero attached hydrogens (tertiary/aromatic N) is 8. The summed E-state index contributed by atoms with van der Waals surface area (Å²) in [6.07, 6.45) is 1.81. The fourth-order valence-corrected chi connectivity index (χ4v) is 7.07. The van der Waals surface area contributed by atoms with Crippen molar-refractivity contribution in [2.45, 2.75) is 65.9 Å². The highest BCUT2D eigenvalue weighted by molar-refractivity contribution is 6.36. The van der Waals surface area contributed by atoms with E-state index in [9.17, 15) is 19.2 Å². The van der Waals surface area contributed by atoms with Crippen LogP contribution in [-0.2, 0) is 41.6 Å². The maximum Gasteiger partial charge on any atom is 0.419 e. The number of aryl methyl sites for hydroxylation is 2. The van der Waals surface area contributed by atoms with E-state index in [1.54, 1.807) is 122 Å². The number of oxime groups is 1. The maximum atomic E-state index is 14.4. The highest BCUT2D eigenvalue weighted by Gasteiger charge is 2.27. The van der Waals surface area contributed by atoms with Crippen molar-refractivity contribution >= 4 is 74.1 Å². The molecule has 5 heterocycles. The smallest absolute Gasteiger partial charge is 0.419 e. The van der Waals surface area contributed by atoms with Gasteiger partial charge < -0.3 is 18.9 Å². The van der Waals surface area contributed by atoms with Gasteiger partial charge in [0.25, 0.3) is 5.56 Å². The second-order valence-electron chi connectivity index (χ2n) is 15.6. The molecule has 17 heteroatoms. The molecule has 15 nitrogen and oxygen atoms in total. The van der Waals surface area contributed by atoms with Crippen LogP contribution in [0.2, 0.25) is 10.0 Å². The van der Waals surface area contributed by atoms with Gasteiger partial charge in [-0.05, 0) is 90.1 Å². The second-order valence-corrected chi connectivity index (χ2v) is 16.4. The monoisotopic (exact) mass is 826 g/mol. The number of fused-ring (bicyclic) bond motifs is 3. The number of carbonyl (C=O) groups excluding carboxylic acids is 2. The van der Waals surface area contributed by atoms with E-state index in [1.165, 1.54) is 25.3 Å². The van der Waals surface area contributed by atoms with E-state index < -0.39 is 34.6 Å². The Labute approximate surface area is 341 Å². The van der Waals surface area contributed by atoms with Crippen LogP contribution in [0.3, 0.4) is 0 Å². The van der Waals surface area contributed by atoms with Crippen LogP contribution in [0.25, 0.3) is 33.0 Å². The molecular weight excluding hydrogens is 787 g/mol. The summed E-state index contributed by atoms with van der Waals surface area (Å²) in [5.74, 6) is 0.191. The molecule has 0 bridgehead atoms. The zero-order valence-electron chi connectivity index (χ0n) is 33.0. The molecule has 0 saturated heterocycles. The number of carbonyl (C=O) groups is 2. The normalized spacial score (nSPS) is 12.5. The molecule has 2 aromatic carbocycles. The zero-order chi connectivity index (χ0) is 41.8. The molecule has 0 fully saturated rings. The third-order valence-electron chi connectivity index (χ3n) is 9.10. The van der Waals surface area contributed by atoms with Gasteiger partial charge in [-0.25, -0.2) is 28.5 Å². The molecule has 0 radical (unpaired) electrons. The first kappa shape index (κ1) is 40.0. The van der Waals surface area contributed by atoms with Gasteiger partial charge in [-0.2, -0.15) is 0 Å².